The molecule has 0 radical (unpaired) electrons. The Morgan fingerprint density at radius 2 is 2.04 bits per heavy atom. The van der Waals surface area contributed by atoms with E-state index < -0.39 is 0 Å². The standard InChI is InChI=1S/C19H19N7O2/c27-19(20-12-15-11-14-3-1-2-4-16(14)28-15)13-7-9-25(10-8-13)18-6-5-17-21-23-24-26(17)22-18/h1-6,11,13H,7-10,12H2,(H,20,27). The lowest BCUT2D eigenvalue weighted by atomic mass is 9.96. The molecule has 1 aliphatic heterocycles. The lowest BCUT2D eigenvalue weighted by Gasteiger charge is -2.31. The molecule has 3 aromatic heterocycles. The first-order chi connectivity index (χ1) is 13.8. The summed E-state index contributed by atoms with van der Waals surface area (Å²) in [7, 11) is 0. The number of nitrogens with one attached hydrogen (secondary N) is 1. The number of aromatic nitrogens is 5. The lowest BCUT2D eigenvalue weighted by Crippen LogP contribution is -2.40. The Bertz CT molecular complexity index is 1090. The molecule has 1 saturated heterocycles. The van der Waals surface area contributed by atoms with Crippen LogP contribution in [0.25, 0.3) is 16.6 Å². The molecule has 0 atom stereocenters. The summed E-state index contributed by atoms with van der Waals surface area (Å²) in [6, 6.07) is 13.6. The number of para-hydroxylation sites is 1. The number of benzene rings is 1. The van der Waals surface area contributed by atoms with Crippen molar-refractivity contribution in [2.45, 2.75) is 19.4 Å². The SMILES string of the molecule is O=C(NCc1cc2ccccc2o1)C1CCN(c2ccc3nnnn3n2)CC1. The van der Waals surface area contributed by atoms with Crippen molar-refractivity contribution >= 4 is 28.3 Å². The molecular formula is C19H19N7O2. The van der Waals surface area contributed by atoms with Crippen LogP contribution >= 0.6 is 0 Å². The molecule has 1 amide bonds. The highest BCUT2D eigenvalue weighted by Crippen LogP contribution is 2.23. The van der Waals surface area contributed by atoms with Gasteiger partial charge in [0.1, 0.15) is 11.3 Å². The Balaban J connectivity index is 1.17. The number of carbonyl (C=O) groups is 1. The Kier molecular flexibility index (Phi) is 4.12. The molecule has 5 rings (SSSR count). The first-order valence-corrected chi connectivity index (χ1v) is 9.32. The van der Waals surface area contributed by atoms with Crippen LogP contribution in [0, 0.1) is 5.92 Å². The van der Waals surface area contributed by atoms with E-state index in [4.69, 9.17) is 4.42 Å². The number of fused-ring (bicyclic) bond motifs is 2. The lowest BCUT2D eigenvalue weighted by molar-refractivity contribution is -0.125. The molecule has 0 bridgehead atoms. The molecule has 0 saturated carbocycles. The highest BCUT2D eigenvalue weighted by atomic mass is 16.3. The summed E-state index contributed by atoms with van der Waals surface area (Å²) in [6.45, 7) is 1.94. The van der Waals surface area contributed by atoms with Crippen LogP contribution in [0.3, 0.4) is 0 Å². The maximum Gasteiger partial charge on any atom is 0.223 e. The van der Waals surface area contributed by atoms with Crippen LogP contribution < -0.4 is 10.2 Å². The van der Waals surface area contributed by atoms with Gasteiger partial charge in [-0.15, -0.1) is 14.8 Å². The Labute approximate surface area is 160 Å². The molecular weight excluding hydrogens is 358 g/mol. The number of rotatable bonds is 4. The van der Waals surface area contributed by atoms with E-state index in [0.717, 1.165) is 48.5 Å². The monoisotopic (exact) mass is 377 g/mol. The van der Waals surface area contributed by atoms with Crippen molar-refractivity contribution in [3.05, 3.63) is 48.2 Å². The topological polar surface area (TPSA) is 101 Å². The van der Waals surface area contributed by atoms with Crippen molar-refractivity contribution in [3.63, 3.8) is 0 Å². The zero-order valence-corrected chi connectivity index (χ0v) is 15.2. The number of hydrogen-bond donors (Lipinski definition) is 1. The molecule has 9 heteroatoms. The molecule has 0 spiro atoms. The Morgan fingerprint density at radius 3 is 2.89 bits per heavy atom. The molecule has 1 aliphatic rings. The predicted octanol–water partition coefficient (Wildman–Crippen LogP) is 1.80. The molecule has 1 N–H and O–H groups in total. The highest BCUT2D eigenvalue weighted by Gasteiger charge is 2.26. The van der Waals surface area contributed by atoms with E-state index in [0.29, 0.717) is 12.2 Å². The summed E-state index contributed by atoms with van der Waals surface area (Å²) in [4.78, 5) is 14.7. The second-order valence-electron chi connectivity index (χ2n) is 6.95. The van der Waals surface area contributed by atoms with Gasteiger partial charge in [0.25, 0.3) is 0 Å². The van der Waals surface area contributed by atoms with Gasteiger partial charge in [-0.25, -0.2) is 0 Å². The average molecular weight is 377 g/mol. The van der Waals surface area contributed by atoms with E-state index in [1.54, 1.807) is 0 Å². The first-order valence-electron chi connectivity index (χ1n) is 9.32. The maximum absolute atomic E-state index is 12.6. The van der Waals surface area contributed by atoms with Gasteiger partial charge in [0.2, 0.25) is 5.91 Å². The summed E-state index contributed by atoms with van der Waals surface area (Å²) >= 11 is 0. The molecule has 142 valence electrons. The normalized spacial score (nSPS) is 15.4. The Hall–Kier alpha value is -3.49. The number of hydrogen-bond acceptors (Lipinski definition) is 7. The average Bonchev–Trinajstić information content (AvgIpc) is 3.37. The zero-order chi connectivity index (χ0) is 18.9. The molecule has 9 nitrogen and oxygen atoms in total. The van der Waals surface area contributed by atoms with Crippen molar-refractivity contribution in [2.24, 2.45) is 5.92 Å². The quantitative estimate of drug-likeness (QED) is 0.578. The van der Waals surface area contributed by atoms with Crippen LogP contribution in [0.1, 0.15) is 18.6 Å². The van der Waals surface area contributed by atoms with Gasteiger partial charge in [0, 0.05) is 24.4 Å². The molecule has 4 heterocycles. The number of nitrogens with zero attached hydrogens (tertiary/aromatic N) is 6. The second-order valence-corrected chi connectivity index (χ2v) is 6.95. The fourth-order valence-corrected chi connectivity index (χ4v) is 3.62. The largest absolute Gasteiger partial charge is 0.459 e. The van der Waals surface area contributed by atoms with Gasteiger partial charge in [0.15, 0.2) is 11.5 Å². The zero-order valence-electron chi connectivity index (χ0n) is 15.2. The summed E-state index contributed by atoms with van der Waals surface area (Å²) in [5.74, 6) is 1.66. The van der Waals surface area contributed by atoms with Crippen LogP contribution in [0.15, 0.2) is 46.9 Å². The van der Waals surface area contributed by atoms with Crippen LogP contribution in [-0.2, 0) is 11.3 Å². The van der Waals surface area contributed by atoms with E-state index in [1.807, 2.05) is 42.5 Å². The molecule has 1 fully saturated rings. The molecule has 28 heavy (non-hydrogen) atoms. The van der Waals surface area contributed by atoms with Gasteiger partial charge in [0.05, 0.1) is 6.54 Å². The number of tetrazole rings is 1. The summed E-state index contributed by atoms with van der Waals surface area (Å²) in [5.41, 5.74) is 1.45. The third-order valence-corrected chi connectivity index (χ3v) is 5.16. The number of carbonyl (C=O) groups excluding carboxylic acids is 1. The first kappa shape index (κ1) is 16.7. The van der Waals surface area contributed by atoms with Gasteiger partial charge in [-0.1, -0.05) is 18.2 Å². The number of amides is 1. The van der Waals surface area contributed by atoms with E-state index >= 15 is 0 Å². The number of piperidine rings is 1. The van der Waals surface area contributed by atoms with Crippen molar-refractivity contribution in [1.82, 2.24) is 30.6 Å². The van der Waals surface area contributed by atoms with Crippen molar-refractivity contribution in [2.75, 3.05) is 18.0 Å². The molecule has 0 aliphatic carbocycles. The van der Waals surface area contributed by atoms with Gasteiger partial charge in [-0.3, -0.25) is 4.79 Å². The Morgan fingerprint density at radius 1 is 1.18 bits per heavy atom. The number of furan rings is 1. The van der Waals surface area contributed by atoms with Crippen molar-refractivity contribution < 1.29 is 9.21 Å². The predicted molar refractivity (Wildman–Crippen MR) is 102 cm³/mol. The minimum atomic E-state index is -0.00241. The van der Waals surface area contributed by atoms with E-state index in [9.17, 15) is 4.79 Å². The smallest absolute Gasteiger partial charge is 0.223 e. The summed E-state index contributed by atoms with van der Waals surface area (Å²) < 4.78 is 7.18. The molecule has 0 unspecified atom stereocenters. The number of anilines is 1. The van der Waals surface area contributed by atoms with Gasteiger partial charge in [-0.05, 0) is 47.5 Å². The molecule has 4 aromatic rings. The maximum atomic E-state index is 12.6. The van der Waals surface area contributed by atoms with Crippen LogP contribution in [0.5, 0.6) is 0 Å². The van der Waals surface area contributed by atoms with Crippen LogP contribution in [0.2, 0.25) is 0 Å². The van der Waals surface area contributed by atoms with Crippen molar-refractivity contribution in [3.8, 4) is 0 Å². The fraction of sp³-hybridized carbons (Fsp3) is 0.316. The van der Waals surface area contributed by atoms with Crippen LogP contribution in [-0.4, -0.2) is 44.3 Å². The highest BCUT2D eigenvalue weighted by molar-refractivity contribution is 5.80. The van der Waals surface area contributed by atoms with E-state index in [1.165, 1.54) is 4.63 Å². The molecule has 1 aromatic carbocycles. The van der Waals surface area contributed by atoms with Gasteiger partial charge < -0.3 is 14.6 Å². The summed E-state index contributed by atoms with van der Waals surface area (Å²) in [6.07, 6.45) is 1.56. The van der Waals surface area contributed by atoms with Gasteiger partial charge >= 0.3 is 0 Å². The van der Waals surface area contributed by atoms with Gasteiger partial charge in [-0.2, -0.15) is 0 Å². The third kappa shape index (κ3) is 3.15. The fourth-order valence-electron chi connectivity index (χ4n) is 3.62. The van der Waals surface area contributed by atoms with Crippen molar-refractivity contribution in [1.29, 1.82) is 0 Å². The summed E-state index contributed by atoms with van der Waals surface area (Å²) in [5, 5.41) is 19.8. The third-order valence-electron chi connectivity index (χ3n) is 5.16. The minimum Gasteiger partial charge on any atom is -0.459 e. The van der Waals surface area contributed by atoms with E-state index in [2.05, 4.69) is 30.8 Å². The minimum absolute atomic E-state index is 0.00241. The van der Waals surface area contributed by atoms with E-state index in [-0.39, 0.29) is 11.8 Å². The second kappa shape index (κ2) is 6.91. The van der Waals surface area contributed by atoms with Crippen LogP contribution in [0.4, 0.5) is 5.82 Å².